The smallest absolute Gasteiger partial charge is 0.260 e. The van der Waals surface area contributed by atoms with Gasteiger partial charge in [0.1, 0.15) is 5.75 Å². The maximum atomic E-state index is 12.4. The van der Waals surface area contributed by atoms with Gasteiger partial charge >= 0.3 is 0 Å². The van der Waals surface area contributed by atoms with Crippen molar-refractivity contribution in [1.29, 1.82) is 5.26 Å². The van der Waals surface area contributed by atoms with E-state index in [0.717, 1.165) is 31.8 Å². The molecule has 1 N–H and O–H groups in total. The molecule has 5 nitrogen and oxygen atoms in total. The highest BCUT2D eigenvalue weighted by atomic mass is 16.5. The second kappa shape index (κ2) is 9.05. The van der Waals surface area contributed by atoms with Crippen molar-refractivity contribution in [2.75, 3.05) is 19.6 Å². The van der Waals surface area contributed by atoms with E-state index in [2.05, 4.69) is 16.3 Å². The van der Waals surface area contributed by atoms with Gasteiger partial charge < -0.3 is 15.0 Å². The van der Waals surface area contributed by atoms with Gasteiger partial charge in [-0.15, -0.1) is 0 Å². The molecule has 0 bridgehead atoms. The summed E-state index contributed by atoms with van der Waals surface area (Å²) in [5, 5.41) is 12.0. The number of ether oxygens (including phenoxy) is 1. The van der Waals surface area contributed by atoms with E-state index < -0.39 is 6.10 Å². The van der Waals surface area contributed by atoms with Gasteiger partial charge in [0.2, 0.25) is 0 Å². The highest BCUT2D eigenvalue weighted by Crippen LogP contribution is 2.26. The lowest BCUT2D eigenvalue weighted by Crippen LogP contribution is -2.48. The third-order valence-electron chi connectivity index (χ3n) is 5.59. The van der Waals surface area contributed by atoms with Crippen LogP contribution in [0.15, 0.2) is 24.3 Å². The Morgan fingerprint density at radius 1 is 1.23 bits per heavy atom. The number of benzene rings is 1. The third-order valence-corrected chi connectivity index (χ3v) is 5.59. The molecule has 1 heterocycles. The van der Waals surface area contributed by atoms with Crippen LogP contribution in [-0.2, 0) is 4.79 Å². The van der Waals surface area contributed by atoms with Crippen LogP contribution in [0.5, 0.6) is 5.75 Å². The molecule has 2 aliphatic rings. The quantitative estimate of drug-likeness (QED) is 0.851. The number of hydrogen-bond acceptors (Lipinski definition) is 4. The number of carbonyl (C=O) groups excluding carboxylic acids is 1. The van der Waals surface area contributed by atoms with Crippen molar-refractivity contribution in [3.05, 3.63) is 29.8 Å². The maximum absolute atomic E-state index is 12.4. The standard InChI is InChI=1S/C21H29N3O2/c1-16(26-20-8-6-17(14-22)7-9-20)21(25)23-19-10-12-24(13-11-19)15-18-4-2-3-5-18/h6-9,16,18-19H,2-5,10-13,15H2,1H3,(H,23,25)/t16-/m1/s1. The second-order valence-corrected chi connectivity index (χ2v) is 7.63. The summed E-state index contributed by atoms with van der Waals surface area (Å²) in [6.07, 6.45) is 7.06. The minimum atomic E-state index is -0.542. The van der Waals surface area contributed by atoms with E-state index in [1.54, 1.807) is 31.2 Å². The molecule has 2 fully saturated rings. The van der Waals surface area contributed by atoms with Crippen LogP contribution in [0.25, 0.3) is 0 Å². The summed E-state index contributed by atoms with van der Waals surface area (Å²) in [5.74, 6) is 1.43. The molecule has 0 aromatic heterocycles. The lowest BCUT2D eigenvalue weighted by atomic mass is 10.0. The van der Waals surface area contributed by atoms with Crippen molar-refractivity contribution in [1.82, 2.24) is 10.2 Å². The molecular formula is C21H29N3O2. The highest BCUT2D eigenvalue weighted by Gasteiger charge is 2.25. The van der Waals surface area contributed by atoms with Crippen LogP contribution >= 0.6 is 0 Å². The van der Waals surface area contributed by atoms with Crippen molar-refractivity contribution >= 4 is 5.91 Å². The molecule has 26 heavy (non-hydrogen) atoms. The number of carbonyl (C=O) groups is 1. The number of rotatable bonds is 6. The number of nitrogens with zero attached hydrogens (tertiary/aromatic N) is 2. The van der Waals surface area contributed by atoms with Gasteiger partial charge in [0.25, 0.3) is 5.91 Å². The van der Waals surface area contributed by atoms with E-state index in [-0.39, 0.29) is 11.9 Å². The first kappa shape index (κ1) is 18.7. The predicted octanol–water partition coefficient (Wildman–Crippen LogP) is 3.10. The van der Waals surface area contributed by atoms with E-state index in [9.17, 15) is 4.79 Å². The first-order valence-electron chi connectivity index (χ1n) is 9.83. The molecule has 140 valence electrons. The van der Waals surface area contributed by atoms with Crippen LogP contribution < -0.4 is 10.1 Å². The normalized spacial score (nSPS) is 20.5. The summed E-state index contributed by atoms with van der Waals surface area (Å²) < 4.78 is 5.70. The van der Waals surface area contributed by atoms with Crippen molar-refractivity contribution < 1.29 is 9.53 Å². The van der Waals surface area contributed by atoms with Gasteiger partial charge in [0.05, 0.1) is 11.6 Å². The van der Waals surface area contributed by atoms with Gasteiger partial charge in [0.15, 0.2) is 6.10 Å². The SMILES string of the molecule is C[C@@H](Oc1ccc(C#N)cc1)C(=O)NC1CCN(CC2CCCC2)CC1. The topological polar surface area (TPSA) is 65.4 Å². The van der Waals surface area contributed by atoms with Gasteiger partial charge in [-0.1, -0.05) is 12.8 Å². The molecule has 1 aliphatic heterocycles. The zero-order valence-electron chi connectivity index (χ0n) is 15.6. The molecule has 1 atom stereocenters. The van der Waals surface area contributed by atoms with Gasteiger partial charge in [-0.3, -0.25) is 4.79 Å². The molecule has 1 saturated carbocycles. The number of hydrogen-bond donors (Lipinski definition) is 1. The van der Waals surface area contributed by atoms with Crippen LogP contribution in [0.4, 0.5) is 0 Å². The van der Waals surface area contributed by atoms with E-state index >= 15 is 0 Å². The summed E-state index contributed by atoms with van der Waals surface area (Å²) in [6, 6.07) is 9.16. The third kappa shape index (κ3) is 5.22. The van der Waals surface area contributed by atoms with Gasteiger partial charge in [-0.05, 0) is 62.8 Å². The fraction of sp³-hybridized carbons (Fsp3) is 0.619. The highest BCUT2D eigenvalue weighted by molar-refractivity contribution is 5.81. The Balaban J connectivity index is 1.39. The summed E-state index contributed by atoms with van der Waals surface area (Å²) in [6.45, 7) is 5.15. The van der Waals surface area contributed by atoms with E-state index in [0.29, 0.717) is 11.3 Å². The molecule has 1 saturated heterocycles. The van der Waals surface area contributed by atoms with E-state index in [1.165, 1.54) is 32.2 Å². The van der Waals surface area contributed by atoms with Crippen LogP contribution in [0.1, 0.15) is 51.0 Å². The van der Waals surface area contributed by atoms with Crippen LogP contribution in [0.3, 0.4) is 0 Å². The van der Waals surface area contributed by atoms with E-state index in [1.807, 2.05) is 0 Å². The minimum absolute atomic E-state index is 0.0661. The minimum Gasteiger partial charge on any atom is -0.481 e. The summed E-state index contributed by atoms with van der Waals surface area (Å²) in [7, 11) is 0. The molecule has 3 rings (SSSR count). The zero-order chi connectivity index (χ0) is 18.4. The van der Waals surface area contributed by atoms with Gasteiger partial charge in [0, 0.05) is 25.7 Å². The number of nitrogens with one attached hydrogen (secondary N) is 1. The fourth-order valence-electron chi connectivity index (χ4n) is 4.00. The summed E-state index contributed by atoms with van der Waals surface area (Å²) >= 11 is 0. The summed E-state index contributed by atoms with van der Waals surface area (Å²) in [4.78, 5) is 15.0. The first-order chi connectivity index (χ1) is 12.6. The van der Waals surface area contributed by atoms with Crippen molar-refractivity contribution in [3.8, 4) is 11.8 Å². The Hall–Kier alpha value is -2.06. The average Bonchev–Trinajstić information content (AvgIpc) is 3.17. The molecule has 0 unspecified atom stereocenters. The monoisotopic (exact) mass is 355 g/mol. The fourth-order valence-corrected chi connectivity index (χ4v) is 4.00. The van der Waals surface area contributed by atoms with Crippen molar-refractivity contribution in [2.24, 2.45) is 5.92 Å². The lowest BCUT2D eigenvalue weighted by Gasteiger charge is -2.34. The molecule has 0 spiro atoms. The second-order valence-electron chi connectivity index (χ2n) is 7.63. The Labute approximate surface area is 156 Å². The number of amides is 1. The molecular weight excluding hydrogens is 326 g/mol. The van der Waals surface area contributed by atoms with E-state index in [4.69, 9.17) is 10.00 Å². The average molecular weight is 355 g/mol. The molecule has 1 aromatic carbocycles. The maximum Gasteiger partial charge on any atom is 0.260 e. The number of likely N-dealkylation sites (tertiary alicyclic amines) is 1. The molecule has 0 radical (unpaired) electrons. The van der Waals surface area contributed by atoms with Crippen LogP contribution in [0, 0.1) is 17.2 Å². The van der Waals surface area contributed by atoms with Gasteiger partial charge in [-0.2, -0.15) is 5.26 Å². The van der Waals surface area contributed by atoms with Gasteiger partial charge in [-0.25, -0.2) is 0 Å². The Kier molecular flexibility index (Phi) is 6.51. The lowest BCUT2D eigenvalue weighted by molar-refractivity contribution is -0.128. The molecule has 1 aliphatic carbocycles. The molecule has 5 heteroatoms. The van der Waals surface area contributed by atoms with Crippen LogP contribution in [-0.4, -0.2) is 42.6 Å². The largest absolute Gasteiger partial charge is 0.481 e. The predicted molar refractivity (Wildman–Crippen MR) is 101 cm³/mol. The Morgan fingerprint density at radius 3 is 2.50 bits per heavy atom. The number of nitriles is 1. The Morgan fingerprint density at radius 2 is 1.88 bits per heavy atom. The summed E-state index contributed by atoms with van der Waals surface area (Å²) in [5.41, 5.74) is 0.582. The molecule has 1 amide bonds. The zero-order valence-corrected chi connectivity index (χ0v) is 15.6. The van der Waals surface area contributed by atoms with Crippen molar-refractivity contribution in [2.45, 2.75) is 57.6 Å². The Bertz CT molecular complexity index is 624. The van der Waals surface area contributed by atoms with Crippen LogP contribution in [0.2, 0.25) is 0 Å². The molecule has 1 aromatic rings. The van der Waals surface area contributed by atoms with Crippen molar-refractivity contribution in [3.63, 3.8) is 0 Å². The number of piperidine rings is 1. The first-order valence-corrected chi connectivity index (χ1v) is 9.83.